The maximum atomic E-state index is 12.0. The Morgan fingerprint density at radius 1 is 1.13 bits per heavy atom. The lowest BCUT2D eigenvalue weighted by molar-refractivity contribution is -0.568. The van der Waals surface area contributed by atoms with E-state index in [1.807, 2.05) is 20.8 Å². The molecule has 0 aromatic rings. The number of rotatable bonds is 7. The Labute approximate surface area is 190 Å². The molecule has 0 unspecified atom stereocenters. The number of thioether (sulfide) groups is 1. The van der Waals surface area contributed by atoms with Crippen molar-refractivity contribution in [3.63, 3.8) is 0 Å². The zero-order valence-corrected chi connectivity index (χ0v) is 20.4. The first kappa shape index (κ1) is 23.6. The van der Waals surface area contributed by atoms with Crippen LogP contribution in [-0.2, 0) is 24.0 Å². The summed E-state index contributed by atoms with van der Waals surface area (Å²) in [6.45, 7) is 12.3. The van der Waals surface area contributed by atoms with E-state index in [-0.39, 0.29) is 17.8 Å². The molecule has 4 saturated heterocycles. The molecule has 1 spiro atoms. The molecular weight excluding hydrogens is 418 g/mol. The normalized spacial score (nSPS) is 43.8. The van der Waals surface area contributed by atoms with E-state index in [1.54, 1.807) is 16.7 Å². The highest BCUT2D eigenvalue weighted by Gasteiger charge is 2.69. The molecule has 8 atom stereocenters. The second-order valence-corrected chi connectivity index (χ2v) is 11.0. The van der Waals surface area contributed by atoms with Crippen LogP contribution in [0.5, 0.6) is 0 Å². The number of nitrogens with zero attached hydrogens (tertiary/aromatic N) is 1. The van der Waals surface area contributed by atoms with Gasteiger partial charge in [-0.25, -0.2) is 14.6 Å². The zero-order chi connectivity index (χ0) is 22.2. The average molecular weight is 458 g/mol. The Balaban J connectivity index is 1.36. The van der Waals surface area contributed by atoms with Gasteiger partial charge in [0.05, 0.1) is 6.61 Å². The highest BCUT2D eigenvalue weighted by molar-refractivity contribution is 7.99. The van der Waals surface area contributed by atoms with Gasteiger partial charge in [0.25, 0.3) is 0 Å². The molecule has 0 aromatic heterocycles. The number of fused-ring (bicyclic) bond motifs is 2. The van der Waals surface area contributed by atoms with E-state index in [4.69, 9.17) is 24.0 Å². The molecule has 2 bridgehead atoms. The summed E-state index contributed by atoms with van der Waals surface area (Å²) in [5.41, 5.74) is -0.455. The van der Waals surface area contributed by atoms with Crippen molar-refractivity contribution in [2.75, 3.05) is 25.4 Å². The van der Waals surface area contributed by atoms with Crippen LogP contribution in [0.2, 0.25) is 0 Å². The van der Waals surface area contributed by atoms with Gasteiger partial charge in [-0.1, -0.05) is 13.8 Å². The van der Waals surface area contributed by atoms with Gasteiger partial charge in [0.1, 0.15) is 5.44 Å². The Morgan fingerprint density at radius 2 is 1.90 bits per heavy atom. The topological polar surface area (TPSA) is 66.5 Å². The fraction of sp³-hybridized carbons (Fsp3) is 0.957. The molecule has 1 aliphatic carbocycles. The summed E-state index contributed by atoms with van der Waals surface area (Å²) in [6, 6.07) is 0. The smallest absolute Gasteiger partial charge is 0.409 e. The van der Waals surface area contributed by atoms with Crippen LogP contribution in [0.25, 0.3) is 0 Å². The summed E-state index contributed by atoms with van der Waals surface area (Å²) in [6.07, 6.45) is 4.41. The molecule has 0 radical (unpaired) electrons. The Morgan fingerprint density at radius 3 is 2.65 bits per heavy atom. The molecule has 1 saturated carbocycles. The third-order valence-electron chi connectivity index (χ3n) is 7.92. The van der Waals surface area contributed by atoms with Crippen molar-refractivity contribution in [2.24, 2.45) is 23.7 Å². The van der Waals surface area contributed by atoms with Gasteiger partial charge >= 0.3 is 6.09 Å². The summed E-state index contributed by atoms with van der Waals surface area (Å²) >= 11 is 1.80. The van der Waals surface area contributed by atoms with Crippen LogP contribution >= 0.6 is 11.8 Å². The van der Waals surface area contributed by atoms with Crippen LogP contribution in [0, 0.1) is 23.7 Å². The fourth-order valence-corrected chi connectivity index (χ4v) is 7.24. The minimum atomic E-state index is -0.730. The minimum absolute atomic E-state index is 0.0414. The van der Waals surface area contributed by atoms with E-state index < -0.39 is 11.4 Å². The van der Waals surface area contributed by atoms with Crippen molar-refractivity contribution in [3.8, 4) is 0 Å². The van der Waals surface area contributed by atoms with Crippen LogP contribution in [0.1, 0.15) is 66.7 Å². The molecule has 0 aromatic carbocycles. The molecular formula is C23H39NO6S. The number of carbonyl (C=O) groups is 1. The van der Waals surface area contributed by atoms with Gasteiger partial charge in [0.2, 0.25) is 5.79 Å². The predicted molar refractivity (Wildman–Crippen MR) is 118 cm³/mol. The fourth-order valence-electron chi connectivity index (χ4n) is 6.05. The van der Waals surface area contributed by atoms with Crippen LogP contribution in [0.3, 0.4) is 0 Å². The Bertz CT molecular complexity index is 648. The Hall–Kier alpha value is -0.540. The second-order valence-electron chi connectivity index (χ2n) is 9.78. The standard InChI is InChI=1S/C23H39NO6S/c1-6-24(7-2)21(25)26-13-8-14-31-19-16(4)18-10-9-15(3)17-11-12-22(5)28-20(27-19)23(17,18)30-29-22/h15-20H,6-14H2,1-5H3/t15-,16-,17+,18+,19+,20-,22-,23-/m1/s1. The third-order valence-corrected chi connectivity index (χ3v) is 9.31. The van der Waals surface area contributed by atoms with E-state index in [1.165, 1.54) is 6.42 Å². The maximum absolute atomic E-state index is 12.0. The first-order valence-electron chi connectivity index (χ1n) is 12.1. The number of ether oxygens (including phenoxy) is 3. The quantitative estimate of drug-likeness (QED) is 0.402. The van der Waals surface area contributed by atoms with Gasteiger partial charge in [0, 0.05) is 25.4 Å². The molecule has 178 valence electrons. The van der Waals surface area contributed by atoms with Crippen molar-refractivity contribution in [1.82, 2.24) is 4.90 Å². The number of carbonyl (C=O) groups excluding carboxylic acids is 1. The molecule has 8 heteroatoms. The average Bonchev–Trinajstić information content (AvgIpc) is 2.98. The minimum Gasteiger partial charge on any atom is -0.449 e. The van der Waals surface area contributed by atoms with E-state index in [0.29, 0.717) is 43.4 Å². The molecule has 5 aliphatic rings. The predicted octanol–water partition coefficient (Wildman–Crippen LogP) is 4.80. The summed E-state index contributed by atoms with van der Waals surface area (Å²) < 4.78 is 18.4. The lowest BCUT2D eigenvalue weighted by Gasteiger charge is -2.60. The van der Waals surface area contributed by atoms with E-state index in [0.717, 1.165) is 31.4 Å². The third kappa shape index (κ3) is 4.23. The zero-order valence-electron chi connectivity index (χ0n) is 19.6. The van der Waals surface area contributed by atoms with Gasteiger partial charge in [0.15, 0.2) is 11.9 Å². The molecule has 7 nitrogen and oxygen atoms in total. The van der Waals surface area contributed by atoms with Crippen LogP contribution in [-0.4, -0.2) is 59.6 Å². The highest BCUT2D eigenvalue weighted by Crippen LogP contribution is 2.61. The van der Waals surface area contributed by atoms with Gasteiger partial charge in [-0.15, -0.1) is 11.8 Å². The first-order chi connectivity index (χ1) is 14.8. The number of hydrogen-bond acceptors (Lipinski definition) is 7. The molecule has 31 heavy (non-hydrogen) atoms. The summed E-state index contributed by atoms with van der Waals surface area (Å²) in [5, 5.41) is 0. The van der Waals surface area contributed by atoms with Crippen LogP contribution < -0.4 is 0 Å². The van der Waals surface area contributed by atoms with Crippen molar-refractivity contribution in [3.05, 3.63) is 0 Å². The van der Waals surface area contributed by atoms with Gasteiger partial charge in [-0.3, -0.25) is 0 Å². The van der Waals surface area contributed by atoms with Crippen LogP contribution in [0.4, 0.5) is 4.79 Å². The van der Waals surface area contributed by atoms with Crippen molar-refractivity contribution in [2.45, 2.75) is 89.8 Å². The highest BCUT2D eigenvalue weighted by atomic mass is 32.2. The van der Waals surface area contributed by atoms with Gasteiger partial charge in [-0.05, 0) is 70.0 Å². The maximum Gasteiger partial charge on any atom is 0.409 e. The summed E-state index contributed by atoms with van der Waals surface area (Å²) in [5.74, 6) is 1.81. The monoisotopic (exact) mass is 457 g/mol. The number of hydrogen-bond donors (Lipinski definition) is 0. The Kier molecular flexibility index (Phi) is 7.14. The van der Waals surface area contributed by atoms with Crippen molar-refractivity contribution < 1.29 is 28.8 Å². The molecule has 0 N–H and O–H groups in total. The molecule has 5 fully saturated rings. The van der Waals surface area contributed by atoms with Crippen molar-refractivity contribution >= 4 is 17.9 Å². The van der Waals surface area contributed by atoms with E-state index >= 15 is 0 Å². The molecule has 5 rings (SSSR count). The molecule has 4 heterocycles. The van der Waals surface area contributed by atoms with E-state index in [2.05, 4.69) is 13.8 Å². The lowest BCUT2D eigenvalue weighted by Crippen LogP contribution is -2.70. The SMILES string of the molecule is CCN(CC)C(=O)OCCCS[C@@H]1O[C@@H]2O[C@@]3(C)CC[C@H]4[C@H](C)CC[C@@H]([C@H]1C)[C@@]24OO3. The van der Waals surface area contributed by atoms with Crippen molar-refractivity contribution in [1.29, 1.82) is 0 Å². The summed E-state index contributed by atoms with van der Waals surface area (Å²) in [7, 11) is 0. The van der Waals surface area contributed by atoms with E-state index in [9.17, 15) is 4.79 Å². The largest absolute Gasteiger partial charge is 0.449 e. The van der Waals surface area contributed by atoms with Gasteiger partial charge in [-0.2, -0.15) is 0 Å². The summed E-state index contributed by atoms with van der Waals surface area (Å²) in [4.78, 5) is 25.8. The first-order valence-corrected chi connectivity index (χ1v) is 13.1. The van der Waals surface area contributed by atoms with Crippen LogP contribution in [0.15, 0.2) is 0 Å². The number of amides is 1. The lowest BCUT2D eigenvalue weighted by atomic mass is 9.58. The second kappa shape index (κ2) is 9.37. The van der Waals surface area contributed by atoms with Gasteiger partial charge < -0.3 is 19.1 Å². The molecule has 1 amide bonds. The molecule has 4 aliphatic heterocycles.